The Morgan fingerprint density at radius 3 is 2.40 bits per heavy atom. The van der Waals surface area contributed by atoms with Crippen molar-refractivity contribution in [3.63, 3.8) is 0 Å². The number of nitrogens with zero attached hydrogens (tertiary/aromatic N) is 4. The molecule has 134 valence electrons. The molecule has 0 aliphatic heterocycles. The first-order valence-corrected chi connectivity index (χ1v) is 7.46. The van der Waals surface area contributed by atoms with Crippen LogP contribution in [-0.4, -0.2) is 31.8 Å². The van der Waals surface area contributed by atoms with Crippen molar-refractivity contribution in [3.05, 3.63) is 29.0 Å². The summed E-state index contributed by atoms with van der Waals surface area (Å²) in [5.74, 6) is -6.70. The number of anilines is 1. The Morgan fingerprint density at radius 1 is 1.12 bits per heavy atom. The van der Waals surface area contributed by atoms with Crippen LogP contribution < -0.4 is 5.32 Å². The topological polar surface area (TPSA) is 55.1 Å². The second-order valence-electron chi connectivity index (χ2n) is 5.65. The van der Waals surface area contributed by atoms with Crippen LogP contribution in [0.15, 0.2) is 18.2 Å². The molecule has 1 N–H and O–H groups in total. The Hall–Kier alpha value is -2.23. The van der Waals surface area contributed by atoms with E-state index in [1.54, 1.807) is 13.8 Å². The van der Waals surface area contributed by atoms with Gasteiger partial charge in [0, 0.05) is 11.1 Å². The summed E-state index contributed by atoms with van der Waals surface area (Å²) in [6, 6.07) is 3.94. The molecule has 0 radical (unpaired) electrons. The van der Waals surface area contributed by atoms with E-state index in [1.807, 2.05) is 0 Å². The molecular formula is C14H11ClF5N5. The maximum absolute atomic E-state index is 13.9. The number of fused-ring (bicyclic) bond motifs is 3. The normalized spacial score (nSPS) is 13.2. The number of hydrogen-bond donors (Lipinski definition) is 1. The molecule has 0 unspecified atom stereocenters. The summed E-state index contributed by atoms with van der Waals surface area (Å²) in [4.78, 5) is 4.22. The minimum atomic E-state index is -5.82. The van der Waals surface area contributed by atoms with Crippen LogP contribution in [0.25, 0.3) is 16.7 Å². The van der Waals surface area contributed by atoms with E-state index in [0.717, 1.165) is 0 Å². The van der Waals surface area contributed by atoms with Crippen LogP contribution in [0.5, 0.6) is 0 Å². The van der Waals surface area contributed by atoms with E-state index in [0.29, 0.717) is 4.40 Å². The summed E-state index contributed by atoms with van der Waals surface area (Å²) < 4.78 is 67.0. The monoisotopic (exact) mass is 379 g/mol. The van der Waals surface area contributed by atoms with Crippen LogP contribution in [0.3, 0.4) is 0 Å². The van der Waals surface area contributed by atoms with Crippen LogP contribution in [0.4, 0.5) is 27.8 Å². The quantitative estimate of drug-likeness (QED) is 0.685. The molecule has 0 aliphatic rings. The molecule has 0 fully saturated rings. The summed E-state index contributed by atoms with van der Waals surface area (Å²) in [6.45, 7) is 3.51. The number of alkyl halides is 5. The lowest BCUT2D eigenvalue weighted by Gasteiger charge is -2.19. The lowest BCUT2D eigenvalue weighted by atomic mass is 10.2. The summed E-state index contributed by atoms with van der Waals surface area (Å²) >= 11 is 5.86. The highest BCUT2D eigenvalue weighted by Gasteiger charge is 2.62. The maximum Gasteiger partial charge on any atom is 0.461 e. The molecule has 0 bridgehead atoms. The predicted octanol–water partition coefficient (Wildman–Crippen LogP) is 4.41. The van der Waals surface area contributed by atoms with Gasteiger partial charge in [-0.15, -0.1) is 10.2 Å². The zero-order valence-corrected chi connectivity index (χ0v) is 13.6. The summed E-state index contributed by atoms with van der Waals surface area (Å²) in [7, 11) is 0. The Bertz CT molecular complexity index is 950. The molecule has 5 nitrogen and oxygen atoms in total. The minimum Gasteiger partial charge on any atom is -0.365 e. The van der Waals surface area contributed by atoms with Crippen LogP contribution in [0.2, 0.25) is 5.02 Å². The average Bonchev–Trinajstić information content (AvgIpc) is 2.92. The van der Waals surface area contributed by atoms with Gasteiger partial charge in [0.15, 0.2) is 5.82 Å². The molecule has 0 atom stereocenters. The molecule has 1 aromatic carbocycles. The van der Waals surface area contributed by atoms with Crippen molar-refractivity contribution in [2.75, 3.05) is 5.32 Å². The van der Waals surface area contributed by atoms with E-state index >= 15 is 0 Å². The third kappa shape index (κ3) is 2.84. The number of benzene rings is 1. The molecule has 0 aliphatic carbocycles. The van der Waals surface area contributed by atoms with E-state index in [1.165, 1.54) is 18.2 Å². The molecule has 0 saturated heterocycles. The first kappa shape index (κ1) is 17.6. The van der Waals surface area contributed by atoms with Crippen molar-refractivity contribution < 1.29 is 22.0 Å². The van der Waals surface area contributed by atoms with Crippen molar-refractivity contribution >= 4 is 34.1 Å². The molecule has 3 aromatic rings. The Morgan fingerprint density at radius 2 is 1.80 bits per heavy atom. The Balaban J connectivity index is 2.43. The molecule has 0 amide bonds. The van der Waals surface area contributed by atoms with Gasteiger partial charge in [-0.25, -0.2) is 4.98 Å². The first-order valence-electron chi connectivity index (χ1n) is 7.08. The van der Waals surface area contributed by atoms with Crippen molar-refractivity contribution in [1.29, 1.82) is 0 Å². The summed E-state index contributed by atoms with van der Waals surface area (Å²) in [5.41, 5.74) is -0.137. The number of aromatic nitrogens is 4. The van der Waals surface area contributed by atoms with Gasteiger partial charge in [0.05, 0.1) is 11.0 Å². The van der Waals surface area contributed by atoms with Gasteiger partial charge in [0.2, 0.25) is 11.5 Å². The van der Waals surface area contributed by atoms with E-state index in [2.05, 4.69) is 20.5 Å². The SMILES string of the molecule is CC(C)Nc1nc2ccc(Cl)cc2n2c(C(F)(F)C(F)(F)F)nnc12. The summed E-state index contributed by atoms with van der Waals surface area (Å²) in [6.07, 6.45) is -5.82. The van der Waals surface area contributed by atoms with Crippen LogP contribution >= 0.6 is 11.6 Å². The predicted molar refractivity (Wildman–Crippen MR) is 82.0 cm³/mol. The van der Waals surface area contributed by atoms with Crippen molar-refractivity contribution in [2.24, 2.45) is 0 Å². The highest BCUT2D eigenvalue weighted by atomic mass is 35.5. The van der Waals surface area contributed by atoms with Gasteiger partial charge in [-0.1, -0.05) is 11.6 Å². The van der Waals surface area contributed by atoms with E-state index in [9.17, 15) is 22.0 Å². The number of nitrogens with one attached hydrogen (secondary N) is 1. The lowest BCUT2D eigenvalue weighted by Crippen LogP contribution is -2.35. The molecule has 3 rings (SSSR count). The minimum absolute atomic E-state index is 0.0431. The van der Waals surface area contributed by atoms with Crippen molar-refractivity contribution in [2.45, 2.75) is 32.0 Å². The molecule has 25 heavy (non-hydrogen) atoms. The fraction of sp³-hybridized carbons (Fsp3) is 0.357. The van der Waals surface area contributed by atoms with Gasteiger partial charge in [0.1, 0.15) is 0 Å². The van der Waals surface area contributed by atoms with E-state index in [4.69, 9.17) is 11.6 Å². The standard InChI is InChI=1S/C14H11ClF5N5/c1-6(2)21-10-11-23-24-12(13(16,17)14(18,19)20)25(11)9-5-7(15)3-4-8(9)22-10/h3-6H,1-2H3,(H,21,22). The highest BCUT2D eigenvalue weighted by molar-refractivity contribution is 6.31. The number of hydrogen-bond acceptors (Lipinski definition) is 4. The van der Waals surface area contributed by atoms with Gasteiger partial charge in [-0.05, 0) is 32.0 Å². The van der Waals surface area contributed by atoms with Gasteiger partial charge < -0.3 is 5.32 Å². The van der Waals surface area contributed by atoms with Gasteiger partial charge >= 0.3 is 12.1 Å². The molecule has 0 spiro atoms. The molecule has 0 saturated carbocycles. The van der Waals surface area contributed by atoms with Crippen molar-refractivity contribution in [3.8, 4) is 0 Å². The van der Waals surface area contributed by atoms with Gasteiger partial charge in [-0.2, -0.15) is 22.0 Å². The first-order chi connectivity index (χ1) is 11.5. The van der Waals surface area contributed by atoms with Crippen molar-refractivity contribution in [1.82, 2.24) is 19.6 Å². The van der Waals surface area contributed by atoms with Crippen LogP contribution in [0.1, 0.15) is 19.7 Å². The zero-order chi connectivity index (χ0) is 18.6. The molecule has 11 heteroatoms. The average molecular weight is 380 g/mol. The fourth-order valence-corrected chi connectivity index (χ4v) is 2.47. The maximum atomic E-state index is 13.9. The van der Waals surface area contributed by atoms with E-state index < -0.39 is 17.9 Å². The zero-order valence-electron chi connectivity index (χ0n) is 12.9. The van der Waals surface area contributed by atoms with Gasteiger partial charge in [0.25, 0.3) is 0 Å². The van der Waals surface area contributed by atoms with Crippen LogP contribution in [-0.2, 0) is 5.92 Å². The number of halogens is 6. The lowest BCUT2D eigenvalue weighted by molar-refractivity contribution is -0.292. The third-order valence-electron chi connectivity index (χ3n) is 3.35. The molecular weight excluding hydrogens is 369 g/mol. The molecule has 2 heterocycles. The Labute approximate surface area is 142 Å². The second kappa shape index (κ2) is 5.65. The largest absolute Gasteiger partial charge is 0.461 e. The number of rotatable bonds is 3. The molecule has 2 aromatic heterocycles. The van der Waals surface area contributed by atoms with E-state index in [-0.39, 0.29) is 33.6 Å². The fourth-order valence-electron chi connectivity index (χ4n) is 2.31. The second-order valence-corrected chi connectivity index (χ2v) is 6.08. The van der Waals surface area contributed by atoms with Gasteiger partial charge in [-0.3, -0.25) is 4.40 Å². The Kier molecular flexibility index (Phi) is 3.98. The third-order valence-corrected chi connectivity index (χ3v) is 3.58. The smallest absolute Gasteiger partial charge is 0.365 e. The highest BCUT2D eigenvalue weighted by Crippen LogP contribution is 2.44. The van der Waals surface area contributed by atoms with Crippen LogP contribution in [0, 0.1) is 0 Å². The summed E-state index contributed by atoms with van der Waals surface area (Å²) in [5, 5.41) is 9.61.